The number of furan rings is 1. The highest BCUT2D eigenvalue weighted by Crippen LogP contribution is 2.40. The van der Waals surface area contributed by atoms with E-state index in [9.17, 15) is 0 Å². The molecule has 56 heavy (non-hydrogen) atoms. The summed E-state index contributed by atoms with van der Waals surface area (Å²) in [7, 11) is 0. The van der Waals surface area contributed by atoms with Gasteiger partial charge in [0.2, 0.25) is 0 Å². The number of fused-ring (bicyclic) bond motifs is 6. The summed E-state index contributed by atoms with van der Waals surface area (Å²) in [5, 5.41) is 4.29. The molecule has 11 rings (SSSR count). The predicted octanol–water partition coefficient (Wildman–Crippen LogP) is 12.3. The van der Waals surface area contributed by atoms with Crippen molar-refractivity contribution in [3.05, 3.63) is 170 Å². The van der Waals surface area contributed by atoms with Gasteiger partial charge in [0.05, 0.1) is 0 Å². The summed E-state index contributed by atoms with van der Waals surface area (Å²) in [5.74, 6) is 3.71. The Morgan fingerprint density at radius 3 is 1.45 bits per heavy atom. The van der Waals surface area contributed by atoms with Crippen LogP contribution in [0.1, 0.15) is 0 Å². The molecule has 7 nitrogen and oxygen atoms in total. The second-order valence-electron chi connectivity index (χ2n) is 13.5. The van der Waals surface area contributed by atoms with Gasteiger partial charge in [-0.1, -0.05) is 133 Å². The summed E-state index contributed by atoms with van der Waals surface area (Å²) >= 11 is 1.74. The van der Waals surface area contributed by atoms with Crippen molar-refractivity contribution < 1.29 is 4.42 Å². The summed E-state index contributed by atoms with van der Waals surface area (Å²) < 4.78 is 8.53. The summed E-state index contributed by atoms with van der Waals surface area (Å²) in [6.07, 6.45) is 0. The molecular formula is C48H28N6OS. The van der Waals surface area contributed by atoms with Crippen molar-refractivity contribution >= 4 is 53.4 Å². The summed E-state index contributed by atoms with van der Waals surface area (Å²) in [4.78, 5) is 30.1. The number of hydrogen-bond acceptors (Lipinski definition) is 8. The molecule has 0 aliphatic rings. The van der Waals surface area contributed by atoms with Gasteiger partial charge in [-0.15, -0.1) is 11.3 Å². The molecule has 7 aromatic carbocycles. The summed E-state index contributed by atoms with van der Waals surface area (Å²) in [6, 6.07) is 57.2. The van der Waals surface area contributed by atoms with E-state index >= 15 is 0 Å². The molecule has 0 aliphatic heterocycles. The normalized spacial score (nSPS) is 11.6. The van der Waals surface area contributed by atoms with E-state index in [4.69, 9.17) is 34.3 Å². The summed E-state index contributed by atoms with van der Waals surface area (Å²) in [6.45, 7) is 0. The SMILES string of the molecule is c1ccc(-c2nc(-c3ccccc3)nc(-c3ccc4sc5cc(-c6nc(-c7ccccc7)nc(-c7cccc8oc9ccccc9c78)n6)ccc5c4c3)n2)cc1. The van der Waals surface area contributed by atoms with Gasteiger partial charge in [-0.2, -0.15) is 0 Å². The lowest BCUT2D eigenvalue weighted by Crippen LogP contribution is -2.00. The van der Waals surface area contributed by atoms with Crippen LogP contribution >= 0.6 is 11.3 Å². The molecule has 0 unspecified atom stereocenters. The van der Waals surface area contributed by atoms with E-state index < -0.39 is 0 Å². The Balaban J connectivity index is 1.04. The van der Waals surface area contributed by atoms with Gasteiger partial charge >= 0.3 is 0 Å². The van der Waals surface area contributed by atoms with Gasteiger partial charge < -0.3 is 4.42 Å². The predicted molar refractivity (Wildman–Crippen MR) is 226 cm³/mol. The quantitative estimate of drug-likeness (QED) is 0.168. The lowest BCUT2D eigenvalue weighted by Gasteiger charge is -2.09. The zero-order chi connectivity index (χ0) is 37.0. The molecular weight excluding hydrogens is 709 g/mol. The molecule has 0 atom stereocenters. The van der Waals surface area contributed by atoms with E-state index in [-0.39, 0.29) is 0 Å². The Hall–Kier alpha value is -7.42. The van der Waals surface area contributed by atoms with Crippen molar-refractivity contribution in [1.82, 2.24) is 29.9 Å². The molecule has 0 amide bonds. The van der Waals surface area contributed by atoms with Crippen molar-refractivity contribution in [2.75, 3.05) is 0 Å². The fourth-order valence-electron chi connectivity index (χ4n) is 7.30. The minimum Gasteiger partial charge on any atom is -0.456 e. The molecule has 262 valence electrons. The van der Waals surface area contributed by atoms with Crippen LogP contribution in [-0.2, 0) is 0 Å². The average Bonchev–Trinajstić information content (AvgIpc) is 3.85. The van der Waals surface area contributed by atoms with Crippen molar-refractivity contribution in [2.45, 2.75) is 0 Å². The van der Waals surface area contributed by atoms with Crippen LogP contribution in [0.4, 0.5) is 0 Å². The third-order valence-electron chi connectivity index (χ3n) is 10.00. The van der Waals surface area contributed by atoms with Crippen molar-refractivity contribution in [2.24, 2.45) is 0 Å². The van der Waals surface area contributed by atoms with Gasteiger partial charge in [-0.05, 0) is 36.4 Å². The van der Waals surface area contributed by atoms with Crippen LogP contribution in [0, 0.1) is 0 Å². The largest absolute Gasteiger partial charge is 0.456 e. The van der Waals surface area contributed by atoms with Gasteiger partial charge in [0.1, 0.15) is 11.2 Å². The molecule has 0 fully saturated rings. The Morgan fingerprint density at radius 2 is 0.821 bits per heavy atom. The van der Waals surface area contributed by atoms with E-state index in [0.717, 1.165) is 70.8 Å². The van der Waals surface area contributed by atoms with Crippen LogP contribution in [0.15, 0.2) is 174 Å². The molecule has 0 aliphatic carbocycles. The number of aromatic nitrogens is 6. The van der Waals surface area contributed by atoms with Crippen LogP contribution in [-0.4, -0.2) is 29.9 Å². The van der Waals surface area contributed by atoms with Gasteiger partial charge in [0.15, 0.2) is 34.9 Å². The molecule has 0 spiro atoms. The van der Waals surface area contributed by atoms with E-state index in [0.29, 0.717) is 34.9 Å². The Labute approximate surface area is 324 Å². The highest BCUT2D eigenvalue weighted by atomic mass is 32.1. The molecule has 0 bridgehead atoms. The molecule has 4 aromatic heterocycles. The van der Waals surface area contributed by atoms with Gasteiger partial charge in [0, 0.05) is 64.3 Å². The first kappa shape index (κ1) is 32.0. The Kier molecular flexibility index (Phi) is 7.53. The minimum atomic E-state index is 0.592. The molecule has 0 saturated heterocycles. The molecule has 0 N–H and O–H groups in total. The fraction of sp³-hybridized carbons (Fsp3) is 0. The van der Waals surface area contributed by atoms with Crippen molar-refractivity contribution in [3.8, 4) is 68.3 Å². The second kappa shape index (κ2) is 13.2. The van der Waals surface area contributed by atoms with Crippen LogP contribution in [0.2, 0.25) is 0 Å². The third kappa shape index (κ3) is 5.59. The fourth-order valence-corrected chi connectivity index (χ4v) is 8.42. The maximum atomic E-state index is 6.23. The first-order chi connectivity index (χ1) is 27.7. The van der Waals surface area contributed by atoms with Crippen LogP contribution < -0.4 is 0 Å². The molecule has 0 saturated carbocycles. The Bertz CT molecular complexity index is 3200. The zero-order valence-corrected chi connectivity index (χ0v) is 30.5. The van der Waals surface area contributed by atoms with Crippen molar-refractivity contribution in [3.63, 3.8) is 0 Å². The van der Waals surface area contributed by atoms with E-state index in [1.165, 1.54) is 4.70 Å². The van der Waals surface area contributed by atoms with Gasteiger partial charge in [-0.25, -0.2) is 29.9 Å². The standard InChI is InChI=1S/C48H28N6OS/c1-4-13-29(14-5-1)43-49-44(30-15-6-2-7-16-30)51-46(50-43)32-24-26-40-37(27-32)34-25-23-33(28-41(34)56-40)47-52-45(31-17-8-3-9-18-31)53-48(54-47)36-20-12-22-39-42(36)35-19-10-11-21-38(35)55-39/h1-28H. The topological polar surface area (TPSA) is 90.5 Å². The van der Waals surface area contributed by atoms with Crippen molar-refractivity contribution in [1.29, 1.82) is 0 Å². The average molecular weight is 737 g/mol. The number of nitrogens with zero attached hydrogens (tertiary/aromatic N) is 6. The van der Waals surface area contributed by atoms with Gasteiger partial charge in [-0.3, -0.25) is 0 Å². The summed E-state index contributed by atoms with van der Waals surface area (Å²) in [5.41, 5.74) is 7.15. The number of rotatable bonds is 6. The highest BCUT2D eigenvalue weighted by molar-refractivity contribution is 7.25. The highest BCUT2D eigenvalue weighted by Gasteiger charge is 2.19. The number of thiophene rings is 1. The first-order valence-electron chi connectivity index (χ1n) is 18.3. The maximum absolute atomic E-state index is 6.23. The Morgan fingerprint density at radius 1 is 0.321 bits per heavy atom. The van der Waals surface area contributed by atoms with Crippen LogP contribution in [0.3, 0.4) is 0 Å². The van der Waals surface area contributed by atoms with E-state index in [1.54, 1.807) is 11.3 Å². The molecule has 8 heteroatoms. The van der Waals surface area contributed by atoms with E-state index in [1.807, 2.05) is 121 Å². The van der Waals surface area contributed by atoms with E-state index in [2.05, 4.69) is 48.5 Å². The number of benzene rings is 7. The smallest absolute Gasteiger partial charge is 0.164 e. The molecule has 4 heterocycles. The van der Waals surface area contributed by atoms with Crippen LogP contribution in [0.5, 0.6) is 0 Å². The maximum Gasteiger partial charge on any atom is 0.164 e. The lowest BCUT2D eigenvalue weighted by atomic mass is 10.0. The minimum absolute atomic E-state index is 0.592. The zero-order valence-electron chi connectivity index (χ0n) is 29.7. The van der Waals surface area contributed by atoms with Crippen LogP contribution in [0.25, 0.3) is 110 Å². The second-order valence-corrected chi connectivity index (χ2v) is 14.6. The molecule has 11 aromatic rings. The number of hydrogen-bond donors (Lipinski definition) is 0. The lowest BCUT2D eigenvalue weighted by molar-refractivity contribution is 0.669. The number of para-hydroxylation sites is 1. The van der Waals surface area contributed by atoms with Gasteiger partial charge in [0.25, 0.3) is 0 Å². The monoisotopic (exact) mass is 736 g/mol. The third-order valence-corrected chi connectivity index (χ3v) is 11.1. The first-order valence-corrected chi connectivity index (χ1v) is 19.1. The molecule has 0 radical (unpaired) electrons.